The van der Waals surface area contributed by atoms with Crippen LogP contribution in [0.4, 0.5) is 8.78 Å². The maximum atomic E-state index is 13.6. The van der Waals surface area contributed by atoms with Crippen molar-refractivity contribution >= 4 is 23.2 Å². The Bertz CT molecular complexity index is 1070. The average Bonchev–Trinajstić information content (AvgIpc) is 3.42. The number of hydrogen-bond acceptors (Lipinski definition) is 6. The highest BCUT2D eigenvalue weighted by Gasteiger charge is 2.37. The van der Waals surface area contributed by atoms with Gasteiger partial charge < -0.3 is 15.1 Å². The number of halogens is 2. The van der Waals surface area contributed by atoms with Crippen molar-refractivity contribution in [3.63, 3.8) is 0 Å². The molecule has 3 heterocycles. The molecule has 2 aliphatic rings. The van der Waals surface area contributed by atoms with Crippen molar-refractivity contribution in [1.29, 1.82) is 0 Å². The molecule has 1 saturated carbocycles. The molecule has 0 bridgehead atoms. The third-order valence-electron chi connectivity index (χ3n) is 8.42. The number of aryl methyl sites for hydroxylation is 2. The molecule has 214 valence electrons. The maximum absolute atomic E-state index is 13.6. The van der Waals surface area contributed by atoms with Gasteiger partial charge in [-0.3, -0.25) is 9.59 Å². The molecule has 39 heavy (non-hydrogen) atoms. The van der Waals surface area contributed by atoms with Gasteiger partial charge in [0.15, 0.2) is 0 Å². The summed E-state index contributed by atoms with van der Waals surface area (Å²) in [5, 5.41) is 7.12. The van der Waals surface area contributed by atoms with E-state index in [4.69, 9.17) is 0 Å². The van der Waals surface area contributed by atoms with Crippen LogP contribution in [0.3, 0.4) is 0 Å². The van der Waals surface area contributed by atoms with Crippen LogP contribution < -0.4 is 5.32 Å². The van der Waals surface area contributed by atoms with Crippen LogP contribution in [0, 0.1) is 19.8 Å². The van der Waals surface area contributed by atoms with Gasteiger partial charge in [0.1, 0.15) is 6.33 Å². The van der Waals surface area contributed by atoms with Crippen molar-refractivity contribution in [2.75, 3.05) is 19.6 Å². The number of hydrogen-bond donors (Lipinski definition) is 1. The smallest absolute Gasteiger partial charge is 0.254 e. The Balaban J connectivity index is 1.27. The molecule has 1 saturated heterocycles. The monoisotopic (exact) mass is 561 g/mol. The summed E-state index contributed by atoms with van der Waals surface area (Å²) in [4.78, 5) is 38.8. The van der Waals surface area contributed by atoms with E-state index in [0.29, 0.717) is 55.3 Å². The summed E-state index contributed by atoms with van der Waals surface area (Å²) in [7, 11) is 0. The Kier molecular flexibility index (Phi) is 10.0. The second kappa shape index (κ2) is 13.3. The van der Waals surface area contributed by atoms with Crippen molar-refractivity contribution in [3.05, 3.63) is 45.7 Å². The Morgan fingerprint density at radius 2 is 1.82 bits per heavy atom. The fraction of sp³-hybridized carbons (Fsp3) is 0.655. The number of thiophene rings is 1. The van der Waals surface area contributed by atoms with Gasteiger partial charge in [0.25, 0.3) is 5.91 Å². The quantitative estimate of drug-likeness (QED) is 0.422. The third-order valence-corrected chi connectivity index (χ3v) is 9.15. The van der Waals surface area contributed by atoms with Crippen molar-refractivity contribution in [3.8, 4) is 0 Å². The molecule has 1 aliphatic heterocycles. The third kappa shape index (κ3) is 8.03. The van der Waals surface area contributed by atoms with Crippen molar-refractivity contribution in [1.82, 2.24) is 25.1 Å². The van der Waals surface area contributed by atoms with E-state index in [1.165, 1.54) is 6.33 Å². The molecule has 2 amide bonds. The van der Waals surface area contributed by atoms with Gasteiger partial charge >= 0.3 is 0 Å². The first-order valence-corrected chi connectivity index (χ1v) is 15.1. The molecule has 2 fully saturated rings. The van der Waals surface area contributed by atoms with E-state index >= 15 is 0 Å². The maximum Gasteiger partial charge on any atom is 0.254 e. The Hall–Kier alpha value is -2.46. The molecule has 1 aliphatic carbocycles. The van der Waals surface area contributed by atoms with Gasteiger partial charge in [0.2, 0.25) is 11.8 Å². The van der Waals surface area contributed by atoms with E-state index in [0.717, 1.165) is 37.9 Å². The van der Waals surface area contributed by atoms with Crippen LogP contribution in [0.5, 0.6) is 0 Å². The number of alkyl halides is 2. The Labute approximate surface area is 234 Å². The van der Waals surface area contributed by atoms with Gasteiger partial charge in [-0.2, -0.15) is 11.3 Å². The van der Waals surface area contributed by atoms with Crippen LogP contribution in [-0.4, -0.2) is 69.2 Å². The number of aromatic nitrogens is 2. The van der Waals surface area contributed by atoms with Crippen molar-refractivity contribution < 1.29 is 18.4 Å². The Morgan fingerprint density at radius 1 is 1.15 bits per heavy atom. The number of carbonyl (C=O) groups excluding carboxylic acids is 2. The van der Waals surface area contributed by atoms with E-state index in [1.807, 2.05) is 24.1 Å². The first-order valence-electron chi connectivity index (χ1n) is 14.1. The van der Waals surface area contributed by atoms with Crippen LogP contribution in [0.2, 0.25) is 0 Å². The zero-order valence-corrected chi connectivity index (χ0v) is 24.1. The molecule has 1 unspecified atom stereocenters. The SMILES string of the molecule is Cc1ncnc(C)c1C(=O)NCCC(C)N1CCC(N(Cc2ccsc2)C(=O)CC2CCC(F)(F)CC2)CC1. The minimum atomic E-state index is -2.57. The normalized spacial score (nSPS) is 19.5. The molecule has 1 N–H and O–H groups in total. The molecule has 2 aromatic rings. The van der Waals surface area contributed by atoms with Gasteiger partial charge in [0, 0.05) is 57.5 Å². The molecule has 10 heteroatoms. The molecule has 2 aromatic heterocycles. The summed E-state index contributed by atoms with van der Waals surface area (Å²) >= 11 is 1.62. The number of piperidine rings is 1. The van der Waals surface area contributed by atoms with Crippen molar-refractivity contribution in [2.24, 2.45) is 5.92 Å². The first-order chi connectivity index (χ1) is 18.6. The summed E-state index contributed by atoms with van der Waals surface area (Å²) in [5.41, 5.74) is 3.03. The predicted molar refractivity (Wildman–Crippen MR) is 149 cm³/mol. The first kappa shape index (κ1) is 29.5. The fourth-order valence-electron chi connectivity index (χ4n) is 5.89. The lowest BCUT2D eigenvalue weighted by molar-refractivity contribution is -0.137. The van der Waals surface area contributed by atoms with E-state index in [1.54, 1.807) is 11.3 Å². The van der Waals surface area contributed by atoms with E-state index in [-0.39, 0.29) is 36.6 Å². The number of nitrogens with one attached hydrogen (secondary N) is 1. The van der Waals surface area contributed by atoms with E-state index < -0.39 is 5.92 Å². The summed E-state index contributed by atoms with van der Waals surface area (Å²) in [6, 6.07) is 2.50. The minimum absolute atomic E-state index is 0.0486. The van der Waals surface area contributed by atoms with E-state index in [2.05, 4.69) is 38.6 Å². The molecular weight excluding hydrogens is 520 g/mol. The highest BCUT2D eigenvalue weighted by atomic mass is 32.1. The van der Waals surface area contributed by atoms with Crippen LogP contribution in [-0.2, 0) is 11.3 Å². The molecular formula is C29H41F2N5O2S. The zero-order chi connectivity index (χ0) is 28.0. The summed E-state index contributed by atoms with van der Waals surface area (Å²) in [5.74, 6) is -2.56. The molecule has 7 nitrogen and oxygen atoms in total. The topological polar surface area (TPSA) is 78.4 Å². The summed E-state index contributed by atoms with van der Waals surface area (Å²) in [6.45, 7) is 8.73. The van der Waals surface area contributed by atoms with Crippen LogP contribution in [0.15, 0.2) is 23.2 Å². The summed E-state index contributed by atoms with van der Waals surface area (Å²) < 4.78 is 27.2. The fourth-order valence-corrected chi connectivity index (χ4v) is 6.55. The zero-order valence-electron chi connectivity index (χ0n) is 23.3. The van der Waals surface area contributed by atoms with Crippen LogP contribution in [0.1, 0.15) is 85.6 Å². The van der Waals surface area contributed by atoms with Crippen LogP contribution in [0.25, 0.3) is 0 Å². The second-order valence-corrected chi connectivity index (χ2v) is 12.0. The van der Waals surface area contributed by atoms with Gasteiger partial charge in [0.05, 0.1) is 17.0 Å². The summed E-state index contributed by atoms with van der Waals surface area (Å²) in [6.07, 6.45) is 5.06. The van der Waals surface area contributed by atoms with Gasteiger partial charge in [-0.1, -0.05) is 0 Å². The molecule has 4 rings (SSSR count). The van der Waals surface area contributed by atoms with Gasteiger partial charge in [-0.05, 0) is 81.2 Å². The highest BCUT2D eigenvalue weighted by Crippen LogP contribution is 2.38. The lowest BCUT2D eigenvalue weighted by Gasteiger charge is -2.41. The Morgan fingerprint density at radius 3 is 2.44 bits per heavy atom. The number of amides is 2. The van der Waals surface area contributed by atoms with Crippen LogP contribution >= 0.6 is 11.3 Å². The van der Waals surface area contributed by atoms with Crippen molar-refractivity contribution in [2.45, 2.75) is 96.7 Å². The predicted octanol–water partition coefficient (Wildman–Crippen LogP) is 5.37. The number of rotatable bonds is 10. The minimum Gasteiger partial charge on any atom is -0.352 e. The lowest BCUT2D eigenvalue weighted by atomic mass is 9.84. The number of likely N-dealkylation sites (tertiary alicyclic amines) is 1. The lowest BCUT2D eigenvalue weighted by Crippen LogP contribution is -2.49. The second-order valence-electron chi connectivity index (χ2n) is 11.2. The number of carbonyl (C=O) groups is 2. The molecule has 1 atom stereocenters. The van der Waals surface area contributed by atoms with E-state index in [9.17, 15) is 18.4 Å². The highest BCUT2D eigenvalue weighted by molar-refractivity contribution is 7.07. The number of nitrogens with zero attached hydrogens (tertiary/aromatic N) is 4. The average molecular weight is 562 g/mol. The van der Waals surface area contributed by atoms with Gasteiger partial charge in [-0.25, -0.2) is 18.7 Å². The largest absolute Gasteiger partial charge is 0.352 e. The standard InChI is InChI=1S/C29H41F2N5O2S/c1-20(6-12-32-28(38)27-21(2)33-19-34-22(27)3)35-13-7-25(8-14-35)36(17-24-9-15-39-18-24)26(37)16-23-4-10-29(30,31)11-5-23/h9,15,18-20,23,25H,4-8,10-14,16-17H2,1-3H3,(H,32,38). The molecule has 0 spiro atoms. The molecule has 0 aromatic carbocycles. The van der Waals surface area contributed by atoms with Gasteiger partial charge in [-0.15, -0.1) is 0 Å². The molecule has 0 radical (unpaired) electrons.